The fourth-order valence-corrected chi connectivity index (χ4v) is 2.96. The molecule has 0 unspecified atom stereocenters. The van der Waals surface area contributed by atoms with E-state index in [-0.39, 0.29) is 0 Å². The summed E-state index contributed by atoms with van der Waals surface area (Å²) in [7, 11) is -4.67. The number of rotatable bonds is 9. The number of fused-ring (bicyclic) bond motifs is 1. The first-order valence-corrected chi connectivity index (χ1v) is 10.5. The van der Waals surface area contributed by atoms with Crippen LogP contribution in [0.2, 0.25) is 0 Å². The van der Waals surface area contributed by atoms with Gasteiger partial charge in [-0.15, -0.1) is 0 Å². The second-order valence-electron chi connectivity index (χ2n) is 6.31. The van der Waals surface area contributed by atoms with Gasteiger partial charge in [0, 0.05) is 0 Å². The molecule has 0 aliphatic heterocycles. The monoisotopic (exact) mass is 366 g/mol. The van der Waals surface area contributed by atoms with Crippen LogP contribution in [-0.4, -0.2) is 17.5 Å². The van der Waals surface area contributed by atoms with E-state index in [1.54, 1.807) is 0 Å². The highest BCUT2D eigenvalue weighted by atomic mass is 32.3. The molecule has 0 aliphatic carbocycles. The van der Waals surface area contributed by atoms with Gasteiger partial charge in [-0.1, -0.05) is 94.3 Å². The number of aryl methyl sites for hydroxylation is 1. The van der Waals surface area contributed by atoms with Gasteiger partial charge in [0.05, 0.1) is 0 Å². The van der Waals surface area contributed by atoms with Gasteiger partial charge in [0.2, 0.25) is 0 Å². The van der Waals surface area contributed by atoms with Crippen LogP contribution >= 0.6 is 0 Å². The lowest BCUT2D eigenvalue weighted by Crippen LogP contribution is -1.89. The zero-order valence-electron chi connectivity index (χ0n) is 15.0. The second kappa shape index (κ2) is 12.0. The topological polar surface area (TPSA) is 74.6 Å². The van der Waals surface area contributed by atoms with Crippen LogP contribution in [0, 0.1) is 0 Å². The Morgan fingerprint density at radius 3 is 1.92 bits per heavy atom. The van der Waals surface area contributed by atoms with Crippen LogP contribution in [0.25, 0.3) is 10.8 Å². The molecule has 0 fully saturated rings. The third-order valence-electron chi connectivity index (χ3n) is 4.18. The highest BCUT2D eigenvalue weighted by Crippen LogP contribution is 2.20. The molecule has 0 saturated heterocycles. The third kappa shape index (κ3) is 10.9. The minimum atomic E-state index is -4.67. The summed E-state index contributed by atoms with van der Waals surface area (Å²) in [4.78, 5) is 0. The van der Waals surface area contributed by atoms with Crippen molar-refractivity contribution in [3.05, 3.63) is 48.0 Å². The Balaban J connectivity index is 0.000000550. The molecule has 140 valence electrons. The zero-order valence-corrected chi connectivity index (χ0v) is 15.8. The molecule has 0 amide bonds. The largest absolute Gasteiger partial charge is 0.394 e. The molecule has 5 heteroatoms. The van der Waals surface area contributed by atoms with Crippen LogP contribution in [0.1, 0.15) is 63.9 Å². The maximum atomic E-state index is 8.74. The lowest BCUT2D eigenvalue weighted by molar-refractivity contribution is 0.381. The van der Waals surface area contributed by atoms with Crippen molar-refractivity contribution in [2.24, 2.45) is 0 Å². The molecule has 0 radical (unpaired) electrons. The molecule has 0 spiro atoms. The van der Waals surface area contributed by atoms with E-state index in [4.69, 9.17) is 17.5 Å². The molecule has 0 atom stereocenters. The average molecular weight is 367 g/mol. The second-order valence-corrected chi connectivity index (χ2v) is 7.21. The van der Waals surface area contributed by atoms with Gasteiger partial charge in [0.1, 0.15) is 0 Å². The van der Waals surface area contributed by atoms with Crippen molar-refractivity contribution in [2.45, 2.75) is 64.7 Å². The fraction of sp³-hybridized carbons (Fsp3) is 0.500. The van der Waals surface area contributed by atoms with E-state index in [0.717, 1.165) is 0 Å². The summed E-state index contributed by atoms with van der Waals surface area (Å²) < 4.78 is 31.6. The number of benzene rings is 2. The van der Waals surface area contributed by atoms with Gasteiger partial charge in [-0.25, -0.2) is 0 Å². The van der Waals surface area contributed by atoms with E-state index in [2.05, 4.69) is 49.4 Å². The molecule has 25 heavy (non-hydrogen) atoms. The predicted octanol–water partition coefficient (Wildman–Crippen LogP) is 5.87. The average Bonchev–Trinajstić information content (AvgIpc) is 2.56. The van der Waals surface area contributed by atoms with Crippen molar-refractivity contribution < 1.29 is 17.5 Å². The van der Waals surface area contributed by atoms with Gasteiger partial charge in [0.25, 0.3) is 0 Å². The highest BCUT2D eigenvalue weighted by molar-refractivity contribution is 7.79. The zero-order chi connectivity index (χ0) is 18.5. The molecule has 2 aromatic carbocycles. The molecule has 4 nitrogen and oxygen atoms in total. The lowest BCUT2D eigenvalue weighted by atomic mass is 9.99. The standard InChI is InChI=1S/C20H28.H2O4S/c1-2-3-4-5-6-7-8-9-13-18-15-12-16-19-14-10-11-17-20(18)19;1-5(2,3)4/h10-12,14-17H,2-9,13H2,1H3;(H2,1,2,3,4). The van der Waals surface area contributed by atoms with Crippen LogP contribution in [0.4, 0.5) is 0 Å². The van der Waals surface area contributed by atoms with Crippen LogP contribution < -0.4 is 0 Å². The summed E-state index contributed by atoms with van der Waals surface area (Å²) >= 11 is 0. The SMILES string of the molecule is CCCCCCCCCCc1cccc2ccccc12.O=S(=O)(O)O. The molecule has 2 N–H and O–H groups in total. The Morgan fingerprint density at radius 2 is 1.28 bits per heavy atom. The van der Waals surface area contributed by atoms with Crippen molar-refractivity contribution in [1.29, 1.82) is 0 Å². The van der Waals surface area contributed by atoms with E-state index in [9.17, 15) is 0 Å². The molecular weight excluding hydrogens is 336 g/mol. The van der Waals surface area contributed by atoms with Crippen LogP contribution in [-0.2, 0) is 16.8 Å². The van der Waals surface area contributed by atoms with Gasteiger partial charge in [0.15, 0.2) is 0 Å². The first-order chi connectivity index (χ1) is 11.9. The Kier molecular flexibility index (Phi) is 10.4. The summed E-state index contributed by atoms with van der Waals surface area (Å²) in [5.41, 5.74) is 1.52. The smallest absolute Gasteiger partial charge is 0.264 e. The van der Waals surface area contributed by atoms with Gasteiger partial charge in [-0.05, 0) is 29.2 Å². The quantitative estimate of drug-likeness (QED) is 0.430. The van der Waals surface area contributed by atoms with Crippen molar-refractivity contribution in [1.82, 2.24) is 0 Å². The first kappa shape index (κ1) is 21.6. The van der Waals surface area contributed by atoms with Crippen LogP contribution in [0.5, 0.6) is 0 Å². The van der Waals surface area contributed by atoms with Gasteiger partial charge < -0.3 is 0 Å². The van der Waals surface area contributed by atoms with Crippen LogP contribution in [0.3, 0.4) is 0 Å². The summed E-state index contributed by atoms with van der Waals surface area (Å²) in [5, 5.41) is 2.82. The van der Waals surface area contributed by atoms with E-state index in [1.807, 2.05) is 0 Å². The van der Waals surface area contributed by atoms with Crippen molar-refractivity contribution in [3.8, 4) is 0 Å². The van der Waals surface area contributed by atoms with Gasteiger partial charge >= 0.3 is 10.4 Å². The van der Waals surface area contributed by atoms with Crippen LogP contribution in [0.15, 0.2) is 42.5 Å². The number of hydrogen-bond donors (Lipinski definition) is 2. The molecule has 0 saturated carbocycles. The number of hydrogen-bond acceptors (Lipinski definition) is 2. The molecule has 0 aliphatic rings. The first-order valence-electron chi connectivity index (χ1n) is 9.08. The minimum Gasteiger partial charge on any atom is -0.264 e. The Hall–Kier alpha value is -1.43. The van der Waals surface area contributed by atoms with E-state index in [0.29, 0.717) is 0 Å². The summed E-state index contributed by atoms with van der Waals surface area (Å²) in [6.45, 7) is 2.28. The summed E-state index contributed by atoms with van der Waals surface area (Å²) in [6, 6.07) is 15.5. The Bertz CT molecular complexity index is 697. The highest BCUT2D eigenvalue weighted by Gasteiger charge is 2.00. The Morgan fingerprint density at radius 1 is 0.760 bits per heavy atom. The summed E-state index contributed by atoms with van der Waals surface area (Å²) in [6.07, 6.45) is 12.4. The molecule has 0 aromatic heterocycles. The summed E-state index contributed by atoms with van der Waals surface area (Å²) in [5.74, 6) is 0. The van der Waals surface area contributed by atoms with Gasteiger partial charge in [-0.3, -0.25) is 9.11 Å². The molecule has 2 aromatic rings. The third-order valence-corrected chi connectivity index (χ3v) is 4.18. The maximum absolute atomic E-state index is 8.74. The molecule has 0 bridgehead atoms. The molecule has 0 heterocycles. The number of unbranched alkanes of at least 4 members (excludes halogenated alkanes) is 7. The van der Waals surface area contributed by atoms with Gasteiger partial charge in [-0.2, -0.15) is 8.42 Å². The van der Waals surface area contributed by atoms with Crippen molar-refractivity contribution in [3.63, 3.8) is 0 Å². The van der Waals surface area contributed by atoms with Crippen molar-refractivity contribution in [2.75, 3.05) is 0 Å². The molecule has 2 rings (SSSR count). The minimum absolute atomic E-state index is 1.23. The fourth-order valence-electron chi connectivity index (χ4n) is 2.96. The predicted molar refractivity (Wildman–Crippen MR) is 104 cm³/mol. The van der Waals surface area contributed by atoms with E-state index in [1.165, 1.54) is 74.1 Å². The Labute approximate surface area is 151 Å². The van der Waals surface area contributed by atoms with E-state index >= 15 is 0 Å². The lowest BCUT2D eigenvalue weighted by Gasteiger charge is -2.06. The maximum Gasteiger partial charge on any atom is 0.394 e. The van der Waals surface area contributed by atoms with Crippen molar-refractivity contribution >= 4 is 21.2 Å². The normalized spacial score (nSPS) is 11.2. The van der Waals surface area contributed by atoms with E-state index < -0.39 is 10.4 Å². The molecular formula is C20H30O4S.